The van der Waals surface area contributed by atoms with E-state index in [1.807, 2.05) is 61.5 Å². The topological polar surface area (TPSA) is 70.7 Å². The van der Waals surface area contributed by atoms with Gasteiger partial charge < -0.3 is 5.32 Å². The normalized spacial score (nSPS) is 10.5. The third-order valence-corrected chi connectivity index (χ3v) is 3.73. The van der Waals surface area contributed by atoms with Crippen LogP contribution in [-0.4, -0.2) is 27.6 Å². The molecule has 5 heteroatoms. The molecule has 0 aliphatic rings. The third kappa shape index (κ3) is 4.29. The molecule has 0 saturated heterocycles. The highest BCUT2D eigenvalue weighted by Gasteiger charge is 2.07. The molecule has 0 spiro atoms. The van der Waals surface area contributed by atoms with Gasteiger partial charge in [-0.1, -0.05) is 60.2 Å². The Labute approximate surface area is 141 Å². The first kappa shape index (κ1) is 15.9. The van der Waals surface area contributed by atoms with Crippen molar-refractivity contribution < 1.29 is 4.79 Å². The summed E-state index contributed by atoms with van der Waals surface area (Å²) in [6.45, 7) is 2.57. The van der Waals surface area contributed by atoms with E-state index in [2.05, 4.69) is 20.5 Å². The largest absolute Gasteiger partial charge is 0.355 e. The minimum Gasteiger partial charge on any atom is -0.355 e. The van der Waals surface area contributed by atoms with Gasteiger partial charge in [0.2, 0.25) is 5.91 Å². The molecule has 1 aromatic heterocycles. The van der Waals surface area contributed by atoms with Gasteiger partial charge in [-0.2, -0.15) is 5.10 Å². The predicted octanol–water partition coefficient (Wildman–Crippen LogP) is 2.68. The number of benzene rings is 2. The summed E-state index contributed by atoms with van der Waals surface area (Å²) >= 11 is 0. The maximum Gasteiger partial charge on any atom is 0.224 e. The highest BCUT2D eigenvalue weighted by atomic mass is 16.1. The van der Waals surface area contributed by atoms with Crippen LogP contribution in [-0.2, 0) is 17.6 Å². The van der Waals surface area contributed by atoms with Gasteiger partial charge in [-0.3, -0.25) is 9.89 Å². The monoisotopic (exact) mass is 320 g/mol. The molecule has 0 unspecified atom stereocenters. The van der Waals surface area contributed by atoms with E-state index in [0.717, 1.165) is 17.0 Å². The van der Waals surface area contributed by atoms with E-state index in [4.69, 9.17) is 0 Å². The summed E-state index contributed by atoms with van der Waals surface area (Å²) in [7, 11) is 0. The van der Waals surface area contributed by atoms with E-state index in [-0.39, 0.29) is 5.91 Å². The van der Waals surface area contributed by atoms with Crippen molar-refractivity contribution in [3.8, 4) is 11.4 Å². The number of hydrogen-bond acceptors (Lipinski definition) is 3. The lowest BCUT2D eigenvalue weighted by Crippen LogP contribution is -2.27. The molecule has 24 heavy (non-hydrogen) atoms. The summed E-state index contributed by atoms with van der Waals surface area (Å²) in [6.07, 6.45) is 1.02. The smallest absolute Gasteiger partial charge is 0.224 e. The molecule has 0 fully saturated rings. The Kier molecular flexibility index (Phi) is 5.01. The van der Waals surface area contributed by atoms with Gasteiger partial charge in [0.05, 0.1) is 6.42 Å². The lowest BCUT2D eigenvalue weighted by molar-refractivity contribution is -0.120. The summed E-state index contributed by atoms with van der Waals surface area (Å²) in [5.74, 6) is 1.46. The van der Waals surface area contributed by atoms with Crippen molar-refractivity contribution in [3.05, 3.63) is 71.5 Å². The lowest BCUT2D eigenvalue weighted by atomic mass is 10.1. The second-order valence-corrected chi connectivity index (χ2v) is 5.73. The van der Waals surface area contributed by atoms with Gasteiger partial charge >= 0.3 is 0 Å². The van der Waals surface area contributed by atoms with Crippen LogP contribution in [0.2, 0.25) is 0 Å². The van der Waals surface area contributed by atoms with Crippen molar-refractivity contribution in [3.63, 3.8) is 0 Å². The number of hydrogen-bond donors (Lipinski definition) is 2. The van der Waals surface area contributed by atoms with Crippen molar-refractivity contribution in [1.29, 1.82) is 0 Å². The van der Waals surface area contributed by atoms with Crippen LogP contribution in [0.3, 0.4) is 0 Å². The fraction of sp³-hybridized carbons (Fsp3) is 0.211. The van der Waals surface area contributed by atoms with Gasteiger partial charge in [-0.25, -0.2) is 4.98 Å². The second-order valence-electron chi connectivity index (χ2n) is 5.73. The quantitative estimate of drug-likeness (QED) is 0.733. The summed E-state index contributed by atoms with van der Waals surface area (Å²) in [4.78, 5) is 16.4. The number of nitrogens with zero attached hydrogens (tertiary/aromatic N) is 2. The van der Waals surface area contributed by atoms with Crippen LogP contribution in [0.1, 0.15) is 17.0 Å². The Bertz CT molecular complexity index is 794. The van der Waals surface area contributed by atoms with Crippen LogP contribution in [0.5, 0.6) is 0 Å². The first-order valence-corrected chi connectivity index (χ1v) is 7.99. The van der Waals surface area contributed by atoms with Crippen LogP contribution in [0.25, 0.3) is 11.4 Å². The molecule has 3 aromatic rings. The number of aryl methyl sites for hydroxylation is 1. The van der Waals surface area contributed by atoms with E-state index in [0.29, 0.717) is 25.2 Å². The molecule has 1 heterocycles. The first-order chi connectivity index (χ1) is 11.7. The van der Waals surface area contributed by atoms with Crippen molar-refractivity contribution in [2.24, 2.45) is 0 Å². The average Bonchev–Trinajstić information content (AvgIpc) is 3.07. The average molecular weight is 320 g/mol. The zero-order valence-electron chi connectivity index (χ0n) is 13.6. The minimum atomic E-state index is 0.0154. The number of nitrogens with one attached hydrogen (secondary N) is 2. The van der Waals surface area contributed by atoms with Crippen LogP contribution >= 0.6 is 0 Å². The predicted molar refractivity (Wildman–Crippen MR) is 93.4 cm³/mol. The minimum absolute atomic E-state index is 0.0154. The molecule has 0 bridgehead atoms. The number of amides is 1. The fourth-order valence-corrected chi connectivity index (χ4v) is 2.40. The van der Waals surface area contributed by atoms with Crippen LogP contribution < -0.4 is 5.32 Å². The van der Waals surface area contributed by atoms with E-state index in [9.17, 15) is 4.79 Å². The van der Waals surface area contributed by atoms with Gasteiger partial charge in [0.15, 0.2) is 5.82 Å². The number of carbonyl (C=O) groups excluding carboxylic acids is 1. The molecule has 2 N–H and O–H groups in total. The Morgan fingerprint density at radius 1 is 1.08 bits per heavy atom. The van der Waals surface area contributed by atoms with E-state index in [1.54, 1.807) is 0 Å². The Morgan fingerprint density at radius 3 is 2.58 bits per heavy atom. The Hall–Kier alpha value is -2.95. The van der Waals surface area contributed by atoms with Crippen molar-refractivity contribution in [2.75, 3.05) is 6.54 Å². The number of carbonyl (C=O) groups is 1. The Balaban J connectivity index is 1.47. The summed E-state index contributed by atoms with van der Waals surface area (Å²) in [6, 6.07) is 17.8. The van der Waals surface area contributed by atoms with Crippen LogP contribution in [0, 0.1) is 6.92 Å². The lowest BCUT2D eigenvalue weighted by Gasteiger charge is -2.04. The van der Waals surface area contributed by atoms with Gasteiger partial charge in [0.1, 0.15) is 5.82 Å². The molecule has 0 atom stereocenters. The standard InChI is InChI=1S/C19H20N4O/c1-14-7-9-15(10-8-14)13-18(24)20-12-11-17-21-19(23-22-17)16-5-3-2-4-6-16/h2-10H,11-13H2,1H3,(H,20,24)(H,21,22,23). The molecular formula is C19H20N4O. The molecule has 0 aliphatic heterocycles. The highest BCUT2D eigenvalue weighted by Crippen LogP contribution is 2.13. The SMILES string of the molecule is Cc1ccc(CC(=O)NCCc2nc(-c3ccccc3)n[nH]2)cc1. The third-order valence-electron chi connectivity index (χ3n) is 3.73. The van der Waals surface area contributed by atoms with Gasteiger partial charge in [0, 0.05) is 18.5 Å². The van der Waals surface area contributed by atoms with E-state index >= 15 is 0 Å². The molecule has 5 nitrogen and oxygen atoms in total. The number of rotatable bonds is 6. The molecule has 122 valence electrons. The van der Waals surface area contributed by atoms with Crippen molar-refractivity contribution in [1.82, 2.24) is 20.5 Å². The van der Waals surface area contributed by atoms with Gasteiger partial charge in [-0.05, 0) is 12.5 Å². The highest BCUT2D eigenvalue weighted by molar-refractivity contribution is 5.78. The summed E-state index contributed by atoms with van der Waals surface area (Å²) in [5.41, 5.74) is 3.19. The van der Waals surface area contributed by atoms with Crippen molar-refractivity contribution in [2.45, 2.75) is 19.8 Å². The molecule has 0 aliphatic carbocycles. The maximum atomic E-state index is 12.0. The number of H-pyrrole nitrogens is 1. The number of aromatic nitrogens is 3. The fourth-order valence-electron chi connectivity index (χ4n) is 2.40. The molecule has 0 saturated carbocycles. The zero-order valence-corrected chi connectivity index (χ0v) is 13.6. The summed E-state index contributed by atoms with van der Waals surface area (Å²) < 4.78 is 0. The van der Waals surface area contributed by atoms with Gasteiger partial charge in [0.25, 0.3) is 0 Å². The molecule has 2 aromatic carbocycles. The first-order valence-electron chi connectivity index (χ1n) is 7.99. The zero-order chi connectivity index (χ0) is 16.8. The van der Waals surface area contributed by atoms with Crippen LogP contribution in [0.15, 0.2) is 54.6 Å². The van der Waals surface area contributed by atoms with Crippen LogP contribution in [0.4, 0.5) is 0 Å². The van der Waals surface area contributed by atoms with E-state index < -0.39 is 0 Å². The summed E-state index contributed by atoms with van der Waals surface area (Å²) in [5, 5.41) is 10.0. The molecular weight excluding hydrogens is 300 g/mol. The van der Waals surface area contributed by atoms with Gasteiger partial charge in [-0.15, -0.1) is 0 Å². The van der Waals surface area contributed by atoms with Crippen molar-refractivity contribution >= 4 is 5.91 Å². The second kappa shape index (κ2) is 7.55. The maximum absolute atomic E-state index is 12.0. The molecule has 1 amide bonds. The Morgan fingerprint density at radius 2 is 1.83 bits per heavy atom. The molecule has 3 rings (SSSR count). The molecule has 0 radical (unpaired) electrons. The number of aromatic amines is 1. The van der Waals surface area contributed by atoms with E-state index in [1.165, 1.54) is 5.56 Å².